The number of aromatic nitrogens is 3. The van der Waals surface area contributed by atoms with Crippen molar-refractivity contribution in [2.45, 2.75) is 50.5 Å². The van der Waals surface area contributed by atoms with E-state index in [4.69, 9.17) is 19.8 Å². The van der Waals surface area contributed by atoms with Crippen LogP contribution in [0.15, 0.2) is 48.8 Å². The number of hydrogen-bond donors (Lipinski definition) is 1. The van der Waals surface area contributed by atoms with Gasteiger partial charge in [-0.15, -0.1) is 0 Å². The van der Waals surface area contributed by atoms with Crippen molar-refractivity contribution < 1.29 is 9.47 Å². The van der Waals surface area contributed by atoms with E-state index in [2.05, 4.69) is 33.3 Å². The third-order valence-corrected chi connectivity index (χ3v) is 5.94. The standard InChI is InChI=1S/C25H27N5O2/c26-11-2-4-18-3-1-5-20(15-18)28-24-16-22(8-12-27-24)32-23-17-30(21-6-7-21)29-25(23)19-9-13-31-14-10-19/h1,3,5,8,12,15-17,19,21H,2,4,6-7,9-10,13-14H2,(H,27,28). The maximum absolute atomic E-state index is 8.82. The first-order valence-electron chi connectivity index (χ1n) is 11.3. The van der Waals surface area contributed by atoms with Gasteiger partial charge >= 0.3 is 0 Å². The molecule has 2 fully saturated rings. The van der Waals surface area contributed by atoms with E-state index in [0.717, 1.165) is 60.9 Å². The molecule has 7 nitrogen and oxygen atoms in total. The van der Waals surface area contributed by atoms with Crippen molar-refractivity contribution in [3.8, 4) is 17.6 Å². The number of nitrogens with zero attached hydrogens (tertiary/aromatic N) is 4. The molecule has 2 aromatic heterocycles. The number of aryl methyl sites for hydroxylation is 1. The van der Waals surface area contributed by atoms with Crippen molar-refractivity contribution >= 4 is 11.5 Å². The number of nitrogens with one attached hydrogen (secondary N) is 1. The molecule has 0 unspecified atom stereocenters. The molecule has 0 spiro atoms. The van der Waals surface area contributed by atoms with Crippen molar-refractivity contribution in [1.29, 1.82) is 5.26 Å². The summed E-state index contributed by atoms with van der Waals surface area (Å²) < 4.78 is 14.0. The van der Waals surface area contributed by atoms with Gasteiger partial charge < -0.3 is 14.8 Å². The summed E-state index contributed by atoms with van der Waals surface area (Å²) in [5, 5.41) is 17.1. The lowest BCUT2D eigenvalue weighted by molar-refractivity contribution is 0.0839. The summed E-state index contributed by atoms with van der Waals surface area (Å²) in [6.45, 7) is 1.55. The Balaban J connectivity index is 1.33. The predicted octanol–water partition coefficient (Wildman–Crippen LogP) is 5.50. The lowest BCUT2D eigenvalue weighted by Gasteiger charge is -2.21. The molecule has 32 heavy (non-hydrogen) atoms. The van der Waals surface area contributed by atoms with Crippen molar-refractivity contribution in [3.63, 3.8) is 0 Å². The van der Waals surface area contributed by atoms with Gasteiger partial charge in [0.05, 0.1) is 18.3 Å². The highest BCUT2D eigenvalue weighted by molar-refractivity contribution is 5.58. The van der Waals surface area contributed by atoms with E-state index < -0.39 is 0 Å². The SMILES string of the molecule is N#CCCc1cccc(Nc2cc(Oc3cn(C4CC4)nc3C3CCOCC3)ccn2)c1. The zero-order valence-corrected chi connectivity index (χ0v) is 18.0. The maximum atomic E-state index is 8.82. The molecule has 0 radical (unpaired) electrons. The van der Waals surface area contributed by atoms with E-state index in [9.17, 15) is 0 Å². The number of benzene rings is 1. The minimum Gasteiger partial charge on any atom is -0.454 e. The van der Waals surface area contributed by atoms with E-state index in [1.165, 1.54) is 12.8 Å². The van der Waals surface area contributed by atoms with Crippen LogP contribution in [0.2, 0.25) is 0 Å². The predicted molar refractivity (Wildman–Crippen MR) is 121 cm³/mol. The van der Waals surface area contributed by atoms with Gasteiger partial charge in [-0.1, -0.05) is 12.1 Å². The maximum Gasteiger partial charge on any atom is 0.168 e. The summed E-state index contributed by atoms with van der Waals surface area (Å²) in [6, 6.07) is 14.5. The van der Waals surface area contributed by atoms with Gasteiger partial charge in [-0.3, -0.25) is 4.68 Å². The quantitative estimate of drug-likeness (QED) is 0.509. The van der Waals surface area contributed by atoms with Crippen LogP contribution in [-0.4, -0.2) is 28.0 Å². The minimum absolute atomic E-state index is 0.370. The second kappa shape index (κ2) is 9.41. The van der Waals surface area contributed by atoms with Crippen LogP contribution in [0, 0.1) is 11.3 Å². The normalized spacial score (nSPS) is 16.5. The highest BCUT2D eigenvalue weighted by atomic mass is 16.5. The van der Waals surface area contributed by atoms with E-state index in [-0.39, 0.29) is 0 Å². The highest BCUT2D eigenvalue weighted by Crippen LogP contribution is 2.40. The average molecular weight is 430 g/mol. The molecule has 3 heterocycles. The minimum atomic E-state index is 0.370. The summed E-state index contributed by atoms with van der Waals surface area (Å²) in [5.74, 6) is 2.64. The van der Waals surface area contributed by atoms with Crippen LogP contribution in [0.1, 0.15) is 55.3 Å². The molecule has 2 aliphatic rings. The topological polar surface area (TPSA) is 85.0 Å². The number of pyridine rings is 1. The summed E-state index contributed by atoms with van der Waals surface area (Å²) >= 11 is 0. The molecule has 1 aliphatic heterocycles. The number of rotatable bonds is 8. The summed E-state index contributed by atoms with van der Waals surface area (Å²) in [5.41, 5.74) is 3.10. The molecule has 0 amide bonds. The van der Waals surface area contributed by atoms with Crippen LogP contribution in [0.3, 0.4) is 0 Å². The Morgan fingerprint density at radius 1 is 1.16 bits per heavy atom. The third-order valence-electron chi connectivity index (χ3n) is 5.94. The second-order valence-electron chi connectivity index (χ2n) is 8.44. The second-order valence-corrected chi connectivity index (χ2v) is 8.44. The van der Waals surface area contributed by atoms with Crippen molar-refractivity contribution in [2.75, 3.05) is 18.5 Å². The van der Waals surface area contributed by atoms with Crippen LogP contribution >= 0.6 is 0 Å². The summed E-state index contributed by atoms with van der Waals surface area (Å²) in [4.78, 5) is 4.44. The lowest BCUT2D eigenvalue weighted by atomic mass is 9.96. The van der Waals surface area contributed by atoms with Gasteiger partial charge in [-0.05, 0) is 55.9 Å². The zero-order chi connectivity index (χ0) is 21.8. The first-order chi connectivity index (χ1) is 15.8. The highest BCUT2D eigenvalue weighted by Gasteiger charge is 2.29. The van der Waals surface area contributed by atoms with Gasteiger partial charge in [-0.25, -0.2) is 4.98 Å². The Bertz CT molecular complexity index is 1110. The molecule has 1 aliphatic carbocycles. The molecule has 164 valence electrons. The van der Waals surface area contributed by atoms with Crippen LogP contribution in [0.4, 0.5) is 11.5 Å². The van der Waals surface area contributed by atoms with E-state index in [1.54, 1.807) is 6.20 Å². The number of hydrogen-bond acceptors (Lipinski definition) is 6. The van der Waals surface area contributed by atoms with Gasteiger partial charge in [0, 0.05) is 43.5 Å². The molecule has 1 saturated heterocycles. The summed E-state index contributed by atoms with van der Waals surface area (Å²) in [6.07, 6.45) is 9.37. The number of ether oxygens (including phenoxy) is 2. The van der Waals surface area contributed by atoms with E-state index in [0.29, 0.717) is 24.2 Å². The van der Waals surface area contributed by atoms with Crippen LogP contribution in [0.5, 0.6) is 11.5 Å². The van der Waals surface area contributed by atoms with E-state index >= 15 is 0 Å². The van der Waals surface area contributed by atoms with Gasteiger partial charge in [0.25, 0.3) is 0 Å². The Hall–Kier alpha value is -3.37. The van der Waals surface area contributed by atoms with Crippen LogP contribution in [-0.2, 0) is 11.2 Å². The Kier molecular flexibility index (Phi) is 6.04. The van der Waals surface area contributed by atoms with Gasteiger partial charge in [-0.2, -0.15) is 10.4 Å². The smallest absolute Gasteiger partial charge is 0.168 e. The Morgan fingerprint density at radius 2 is 2.03 bits per heavy atom. The molecule has 1 saturated carbocycles. The fraction of sp³-hybridized carbons (Fsp3) is 0.400. The molecule has 0 atom stereocenters. The van der Waals surface area contributed by atoms with Crippen molar-refractivity contribution in [1.82, 2.24) is 14.8 Å². The van der Waals surface area contributed by atoms with Crippen LogP contribution in [0.25, 0.3) is 0 Å². The Morgan fingerprint density at radius 3 is 2.84 bits per heavy atom. The third kappa shape index (κ3) is 4.92. The van der Waals surface area contributed by atoms with Crippen molar-refractivity contribution in [3.05, 3.63) is 60.0 Å². The fourth-order valence-electron chi connectivity index (χ4n) is 4.07. The Labute approximate surface area is 188 Å². The molecule has 1 aromatic carbocycles. The average Bonchev–Trinajstić information content (AvgIpc) is 3.59. The van der Waals surface area contributed by atoms with Crippen molar-refractivity contribution in [2.24, 2.45) is 0 Å². The molecule has 0 bridgehead atoms. The number of nitriles is 1. The van der Waals surface area contributed by atoms with Gasteiger partial charge in [0.15, 0.2) is 5.75 Å². The number of anilines is 2. The molecule has 5 rings (SSSR count). The molecule has 1 N–H and O–H groups in total. The fourth-order valence-corrected chi connectivity index (χ4v) is 4.07. The first kappa shape index (κ1) is 20.5. The van der Waals surface area contributed by atoms with Crippen LogP contribution < -0.4 is 10.1 Å². The zero-order valence-electron chi connectivity index (χ0n) is 18.0. The molecular formula is C25H27N5O2. The molecular weight excluding hydrogens is 402 g/mol. The van der Waals surface area contributed by atoms with Gasteiger partial charge in [0.2, 0.25) is 0 Å². The summed E-state index contributed by atoms with van der Waals surface area (Å²) in [7, 11) is 0. The van der Waals surface area contributed by atoms with E-state index in [1.807, 2.05) is 30.3 Å². The lowest BCUT2D eigenvalue weighted by Crippen LogP contribution is -2.15. The molecule has 7 heteroatoms. The first-order valence-corrected chi connectivity index (χ1v) is 11.3. The largest absolute Gasteiger partial charge is 0.454 e. The van der Waals surface area contributed by atoms with Gasteiger partial charge in [0.1, 0.15) is 17.3 Å². The monoisotopic (exact) mass is 429 g/mol. The molecule has 3 aromatic rings.